The van der Waals surface area contributed by atoms with E-state index in [1.165, 1.54) is 25.7 Å². The van der Waals surface area contributed by atoms with Crippen LogP contribution in [0.3, 0.4) is 0 Å². The summed E-state index contributed by atoms with van der Waals surface area (Å²) in [5.74, 6) is 0. The first-order chi connectivity index (χ1) is 9.94. The zero-order chi connectivity index (χ0) is 15.5. The summed E-state index contributed by atoms with van der Waals surface area (Å²) in [5, 5.41) is 14.7. The van der Waals surface area contributed by atoms with Crippen LogP contribution in [0.5, 0.6) is 0 Å². The molecule has 0 aromatic heterocycles. The van der Waals surface area contributed by atoms with Crippen LogP contribution in [0.2, 0.25) is 0 Å². The van der Waals surface area contributed by atoms with Gasteiger partial charge in [-0.2, -0.15) is 0 Å². The molecule has 0 saturated heterocycles. The molecule has 0 radical (unpaired) electrons. The van der Waals surface area contributed by atoms with E-state index in [1.807, 2.05) is 6.07 Å². The van der Waals surface area contributed by atoms with Crippen LogP contribution >= 0.6 is 0 Å². The first-order valence-corrected chi connectivity index (χ1v) is 7.94. The Kier molecular flexibility index (Phi) is 4.99. The minimum absolute atomic E-state index is 0.177. The predicted octanol–water partition coefficient (Wildman–Crippen LogP) is 4.60. The molecular formula is C17H26N2O2. The number of nitro benzene ring substituents is 1. The van der Waals surface area contributed by atoms with Crippen molar-refractivity contribution in [1.82, 2.24) is 5.32 Å². The quantitative estimate of drug-likeness (QED) is 0.636. The van der Waals surface area contributed by atoms with E-state index in [1.54, 1.807) is 18.2 Å². The fraction of sp³-hybridized carbons (Fsp3) is 0.647. The zero-order valence-corrected chi connectivity index (χ0v) is 13.3. The third kappa shape index (κ3) is 3.82. The number of nitro groups is 1. The number of nitrogens with zero attached hydrogens (tertiary/aromatic N) is 1. The zero-order valence-electron chi connectivity index (χ0n) is 13.3. The SMILES string of the molecule is CCC(NC1CCCCC1(C)C)c1cccc([N+](=O)[O-])c1. The molecule has 21 heavy (non-hydrogen) atoms. The van der Waals surface area contributed by atoms with Gasteiger partial charge in [0, 0.05) is 24.2 Å². The molecule has 1 aliphatic rings. The molecule has 0 aliphatic heterocycles. The van der Waals surface area contributed by atoms with E-state index in [-0.39, 0.29) is 16.7 Å². The Hall–Kier alpha value is -1.42. The van der Waals surface area contributed by atoms with Crippen LogP contribution in [0.15, 0.2) is 24.3 Å². The van der Waals surface area contributed by atoms with Crippen molar-refractivity contribution in [3.63, 3.8) is 0 Å². The van der Waals surface area contributed by atoms with Crippen molar-refractivity contribution in [2.45, 2.75) is 65.0 Å². The van der Waals surface area contributed by atoms with Gasteiger partial charge in [-0.1, -0.05) is 45.7 Å². The molecule has 116 valence electrons. The summed E-state index contributed by atoms with van der Waals surface area (Å²) in [6, 6.07) is 7.70. The summed E-state index contributed by atoms with van der Waals surface area (Å²) in [7, 11) is 0. The molecule has 4 nitrogen and oxygen atoms in total. The van der Waals surface area contributed by atoms with Crippen molar-refractivity contribution in [2.75, 3.05) is 0 Å². The van der Waals surface area contributed by atoms with Gasteiger partial charge in [0.05, 0.1) is 4.92 Å². The molecular weight excluding hydrogens is 264 g/mol. The van der Waals surface area contributed by atoms with Crippen molar-refractivity contribution < 1.29 is 4.92 Å². The Morgan fingerprint density at radius 2 is 2.19 bits per heavy atom. The van der Waals surface area contributed by atoms with Crippen molar-refractivity contribution in [2.24, 2.45) is 5.41 Å². The Labute approximate surface area is 127 Å². The van der Waals surface area contributed by atoms with Crippen LogP contribution in [-0.2, 0) is 0 Å². The molecule has 1 N–H and O–H groups in total. The second-order valence-corrected chi connectivity index (χ2v) is 6.77. The van der Waals surface area contributed by atoms with Crippen molar-refractivity contribution in [1.29, 1.82) is 0 Å². The molecule has 2 unspecified atom stereocenters. The highest BCUT2D eigenvalue weighted by molar-refractivity contribution is 5.35. The molecule has 0 heterocycles. The average Bonchev–Trinajstić information content (AvgIpc) is 2.46. The number of benzene rings is 1. The highest BCUT2D eigenvalue weighted by Gasteiger charge is 2.33. The molecule has 2 rings (SSSR count). The molecule has 1 aromatic rings. The molecule has 0 amide bonds. The first-order valence-electron chi connectivity index (χ1n) is 7.94. The van der Waals surface area contributed by atoms with Gasteiger partial charge in [0.2, 0.25) is 0 Å². The van der Waals surface area contributed by atoms with Gasteiger partial charge in [-0.15, -0.1) is 0 Å². The lowest BCUT2D eigenvalue weighted by atomic mass is 9.73. The molecule has 0 spiro atoms. The molecule has 1 aromatic carbocycles. The van der Waals surface area contributed by atoms with Crippen molar-refractivity contribution in [3.05, 3.63) is 39.9 Å². The summed E-state index contributed by atoms with van der Waals surface area (Å²) < 4.78 is 0. The number of hydrogen-bond acceptors (Lipinski definition) is 3. The third-order valence-corrected chi connectivity index (χ3v) is 4.80. The van der Waals surface area contributed by atoms with Crippen LogP contribution in [0.4, 0.5) is 5.69 Å². The maximum Gasteiger partial charge on any atom is 0.269 e. The monoisotopic (exact) mass is 290 g/mol. The third-order valence-electron chi connectivity index (χ3n) is 4.80. The topological polar surface area (TPSA) is 55.2 Å². The van der Waals surface area contributed by atoms with Crippen LogP contribution in [0, 0.1) is 15.5 Å². The van der Waals surface area contributed by atoms with E-state index in [0.29, 0.717) is 11.5 Å². The normalized spacial score (nSPS) is 22.7. The van der Waals surface area contributed by atoms with Crippen molar-refractivity contribution in [3.8, 4) is 0 Å². The van der Waals surface area contributed by atoms with Gasteiger partial charge in [0.15, 0.2) is 0 Å². The van der Waals surface area contributed by atoms with Gasteiger partial charge >= 0.3 is 0 Å². The molecule has 1 fully saturated rings. The second-order valence-electron chi connectivity index (χ2n) is 6.77. The molecule has 1 saturated carbocycles. The maximum atomic E-state index is 10.9. The van der Waals surface area contributed by atoms with Crippen LogP contribution < -0.4 is 5.32 Å². The van der Waals surface area contributed by atoms with Gasteiger partial charge < -0.3 is 5.32 Å². The minimum Gasteiger partial charge on any atom is -0.307 e. The lowest BCUT2D eigenvalue weighted by Crippen LogP contribution is -2.45. The van der Waals surface area contributed by atoms with Gasteiger partial charge in [-0.3, -0.25) is 10.1 Å². The summed E-state index contributed by atoms with van der Waals surface area (Å²) >= 11 is 0. The summed E-state index contributed by atoms with van der Waals surface area (Å²) in [6.07, 6.45) is 5.95. The van der Waals surface area contributed by atoms with Gasteiger partial charge in [-0.25, -0.2) is 0 Å². The smallest absolute Gasteiger partial charge is 0.269 e. The van der Waals surface area contributed by atoms with Crippen LogP contribution in [0.1, 0.15) is 64.5 Å². The Morgan fingerprint density at radius 3 is 2.81 bits per heavy atom. The van der Waals surface area contributed by atoms with Gasteiger partial charge in [0.25, 0.3) is 5.69 Å². The summed E-state index contributed by atoms with van der Waals surface area (Å²) in [6.45, 7) is 6.78. The Bertz CT molecular complexity index is 499. The average molecular weight is 290 g/mol. The Morgan fingerprint density at radius 1 is 1.43 bits per heavy atom. The van der Waals surface area contributed by atoms with Gasteiger partial charge in [-0.05, 0) is 30.2 Å². The highest BCUT2D eigenvalue weighted by Crippen LogP contribution is 2.37. The fourth-order valence-corrected chi connectivity index (χ4v) is 3.35. The first kappa shape index (κ1) is 16.0. The van der Waals surface area contributed by atoms with E-state index in [2.05, 4.69) is 26.1 Å². The number of rotatable bonds is 5. The summed E-state index contributed by atoms with van der Waals surface area (Å²) in [5.41, 5.74) is 1.50. The van der Waals surface area contributed by atoms with E-state index >= 15 is 0 Å². The molecule has 4 heteroatoms. The Balaban J connectivity index is 2.16. The van der Waals surface area contributed by atoms with E-state index in [9.17, 15) is 10.1 Å². The number of hydrogen-bond donors (Lipinski definition) is 1. The van der Waals surface area contributed by atoms with E-state index in [4.69, 9.17) is 0 Å². The summed E-state index contributed by atoms with van der Waals surface area (Å²) in [4.78, 5) is 10.6. The lowest BCUT2D eigenvalue weighted by molar-refractivity contribution is -0.384. The van der Waals surface area contributed by atoms with E-state index in [0.717, 1.165) is 12.0 Å². The predicted molar refractivity (Wildman–Crippen MR) is 85.3 cm³/mol. The van der Waals surface area contributed by atoms with Gasteiger partial charge in [0.1, 0.15) is 0 Å². The largest absolute Gasteiger partial charge is 0.307 e. The maximum absolute atomic E-state index is 10.9. The minimum atomic E-state index is -0.319. The van der Waals surface area contributed by atoms with E-state index < -0.39 is 0 Å². The second kappa shape index (κ2) is 6.56. The van der Waals surface area contributed by atoms with Crippen LogP contribution in [0.25, 0.3) is 0 Å². The molecule has 2 atom stereocenters. The lowest BCUT2D eigenvalue weighted by Gasteiger charge is -2.41. The highest BCUT2D eigenvalue weighted by atomic mass is 16.6. The standard InChI is InChI=1S/C17H26N2O2/c1-4-15(13-8-7-9-14(12-13)19(20)21)18-16-10-5-6-11-17(16,2)3/h7-9,12,15-16,18H,4-6,10-11H2,1-3H3. The molecule has 0 bridgehead atoms. The van der Waals surface area contributed by atoms with Crippen molar-refractivity contribution >= 4 is 5.69 Å². The number of non-ortho nitro benzene ring substituents is 1. The fourth-order valence-electron chi connectivity index (χ4n) is 3.35. The molecule has 1 aliphatic carbocycles. The van der Waals surface area contributed by atoms with Crippen LogP contribution in [-0.4, -0.2) is 11.0 Å². The number of nitrogens with one attached hydrogen (secondary N) is 1.